The van der Waals surface area contributed by atoms with Crippen molar-refractivity contribution in [2.45, 2.75) is 0 Å². The fourth-order valence-electron chi connectivity index (χ4n) is 4.35. The molecule has 2 aromatic heterocycles. The summed E-state index contributed by atoms with van der Waals surface area (Å²) in [5.74, 6) is 1.60. The van der Waals surface area contributed by atoms with Gasteiger partial charge in [-0.05, 0) is 36.4 Å². The lowest BCUT2D eigenvalue weighted by Gasteiger charge is -2.14. The lowest BCUT2D eigenvalue weighted by atomic mass is 10.1. The van der Waals surface area contributed by atoms with E-state index < -0.39 is 0 Å². The summed E-state index contributed by atoms with van der Waals surface area (Å²) in [5.41, 5.74) is 1.87. The lowest BCUT2D eigenvalue weighted by Crippen LogP contribution is -2.11. The number of hydrogen-bond acceptors (Lipinski definition) is 7. The van der Waals surface area contributed by atoms with E-state index in [0.29, 0.717) is 45.2 Å². The van der Waals surface area contributed by atoms with E-state index >= 15 is 0 Å². The molecule has 0 radical (unpaired) electrons. The van der Waals surface area contributed by atoms with E-state index in [0.717, 1.165) is 5.39 Å². The van der Waals surface area contributed by atoms with Crippen LogP contribution in [-0.4, -0.2) is 38.9 Å². The van der Waals surface area contributed by atoms with Crippen LogP contribution in [0, 0.1) is 0 Å². The minimum absolute atomic E-state index is 0.208. The molecule has 0 aliphatic carbocycles. The van der Waals surface area contributed by atoms with E-state index in [1.807, 2.05) is 24.3 Å². The first-order chi connectivity index (χ1) is 17.5. The van der Waals surface area contributed by atoms with Crippen LogP contribution in [0.3, 0.4) is 0 Å². The molecule has 5 rings (SSSR count). The van der Waals surface area contributed by atoms with Crippen LogP contribution >= 0.6 is 0 Å². The van der Waals surface area contributed by atoms with Crippen LogP contribution < -0.4 is 24.4 Å². The first-order valence-corrected chi connectivity index (χ1v) is 11.1. The molecule has 182 valence electrons. The summed E-state index contributed by atoms with van der Waals surface area (Å²) in [5, 5.41) is 1.07. The summed E-state index contributed by atoms with van der Waals surface area (Å²) in [6, 6.07) is 17.4. The van der Waals surface area contributed by atoms with Crippen molar-refractivity contribution in [2.75, 3.05) is 28.4 Å². The molecule has 2 heterocycles. The van der Waals surface area contributed by atoms with E-state index in [-0.39, 0.29) is 22.5 Å². The van der Waals surface area contributed by atoms with Gasteiger partial charge >= 0.3 is 0 Å². The molecule has 0 amide bonds. The number of ether oxygens (including phenoxy) is 4. The fraction of sp³-hybridized carbons (Fsp3) is 0.143. The molecule has 0 N–H and O–H groups in total. The molecule has 3 aromatic carbocycles. The SMILES string of the molecule is COc1ccccc1C(=O)n1ccc2cc(-c3cc(=O)c4c(OC)c(OC)c(OC)cc4o3)ccc21. The highest BCUT2D eigenvalue weighted by atomic mass is 16.5. The van der Waals surface area contributed by atoms with Gasteiger partial charge in [-0.15, -0.1) is 0 Å². The van der Waals surface area contributed by atoms with Crippen LogP contribution in [0.4, 0.5) is 0 Å². The van der Waals surface area contributed by atoms with Gasteiger partial charge in [0, 0.05) is 29.3 Å². The van der Waals surface area contributed by atoms with E-state index in [9.17, 15) is 9.59 Å². The lowest BCUT2D eigenvalue weighted by molar-refractivity contribution is 0.0962. The molecule has 0 aliphatic rings. The molecular weight excluding hydrogens is 462 g/mol. The van der Waals surface area contributed by atoms with Crippen LogP contribution in [-0.2, 0) is 0 Å². The zero-order valence-electron chi connectivity index (χ0n) is 20.2. The van der Waals surface area contributed by atoms with Crippen molar-refractivity contribution in [3.8, 4) is 34.3 Å². The molecule has 8 heteroatoms. The van der Waals surface area contributed by atoms with Gasteiger partial charge in [-0.1, -0.05) is 12.1 Å². The first kappa shape index (κ1) is 23.0. The van der Waals surface area contributed by atoms with E-state index in [1.54, 1.807) is 41.1 Å². The molecule has 8 nitrogen and oxygen atoms in total. The maximum absolute atomic E-state index is 13.2. The average molecular weight is 485 g/mol. The number of carbonyl (C=O) groups excluding carboxylic acids is 1. The maximum Gasteiger partial charge on any atom is 0.266 e. The summed E-state index contributed by atoms with van der Waals surface area (Å²) in [6.45, 7) is 0. The Kier molecular flexibility index (Phi) is 5.85. The van der Waals surface area contributed by atoms with Crippen LogP contribution in [0.1, 0.15) is 10.4 Å². The zero-order chi connectivity index (χ0) is 25.4. The summed E-state index contributed by atoms with van der Waals surface area (Å²) in [4.78, 5) is 26.3. The van der Waals surface area contributed by atoms with Gasteiger partial charge < -0.3 is 23.4 Å². The normalized spacial score (nSPS) is 11.0. The van der Waals surface area contributed by atoms with Gasteiger partial charge in [0.05, 0.1) is 39.5 Å². The number of methoxy groups -OCH3 is 4. The van der Waals surface area contributed by atoms with Crippen LogP contribution in [0.25, 0.3) is 33.2 Å². The second-order valence-corrected chi connectivity index (χ2v) is 7.96. The molecule has 0 saturated carbocycles. The maximum atomic E-state index is 13.2. The number of aromatic nitrogens is 1. The Hall–Kier alpha value is -4.72. The Balaban J connectivity index is 1.61. The van der Waals surface area contributed by atoms with E-state index in [4.69, 9.17) is 23.4 Å². The highest BCUT2D eigenvalue weighted by Crippen LogP contribution is 2.43. The second-order valence-electron chi connectivity index (χ2n) is 7.96. The summed E-state index contributed by atoms with van der Waals surface area (Å²) >= 11 is 0. The van der Waals surface area contributed by atoms with Gasteiger partial charge in [0.1, 0.15) is 22.5 Å². The van der Waals surface area contributed by atoms with Crippen molar-refractivity contribution in [1.82, 2.24) is 4.57 Å². The van der Waals surface area contributed by atoms with Crippen molar-refractivity contribution in [3.05, 3.63) is 82.6 Å². The Morgan fingerprint density at radius 1 is 0.806 bits per heavy atom. The largest absolute Gasteiger partial charge is 0.496 e. The van der Waals surface area contributed by atoms with Crippen molar-refractivity contribution in [1.29, 1.82) is 0 Å². The van der Waals surface area contributed by atoms with Gasteiger partial charge in [0.25, 0.3) is 5.91 Å². The van der Waals surface area contributed by atoms with Gasteiger partial charge in [-0.2, -0.15) is 0 Å². The molecule has 0 unspecified atom stereocenters. The summed E-state index contributed by atoms with van der Waals surface area (Å²) in [6.07, 6.45) is 1.71. The Morgan fingerprint density at radius 2 is 1.56 bits per heavy atom. The Bertz CT molecular complexity index is 1680. The number of hydrogen-bond donors (Lipinski definition) is 0. The van der Waals surface area contributed by atoms with Crippen LogP contribution in [0.5, 0.6) is 23.0 Å². The monoisotopic (exact) mass is 485 g/mol. The first-order valence-electron chi connectivity index (χ1n) is 11.1. The molecule has 0 fully saturated rings. The van der Waals surface area contributed by atoms with Crippen LogP contribution in [0.15, 0.2) is 76.1 Å². The Labute approximate surface area is 206 Å². The molecule has 0 spiro atoms. The minimum Gasteiger partial charge on any atom is -0.496 e. The number of rotatable bonds is 6. The highest BCUT2D eigenvalue weighted by molar-refractivity contribution is 6.04. The Morgan fingerprint density at radius 3 is 2.28 bits per heavy atom. The van der Waals surface area contributed by atoms with Gasteiger partial charge in [-0.25, -0.2) is 0 Å². The van der Waals surface area contributed by atoms with Gasteiger partial charge in [0.2, 0.25) is 5.75 Å². The number of para-hydroxylation sites is 1. The quantitative estimate of drug-likeness (QED) is 0.329. The van der Waals surface area contributed by atoms with Crippen LogP contribution in [0.2, 0.25) is 0 Å². The second kappa shape index (κ2) is 9.14. The highest BCUT2D eigenvalue weighted by Gasteiger charge is 2.21. The standard InChI is InChI=1S/C28H23NO7/c1-32-21-8-6-5-7-18(21)28(31)29-12-11-16-13-17(9-10-19(16)29)22-14-20(30)25-23(36-22)15-24(33-2)26(34-3)27(25)35-4/h5-15H,1-4H3. The van der Waals surface area contributed by atoms with E-state index in [2.05, 4.69) is 0 Å². The third-order valence-electron chi connectivity index (χ3n) is 6.05. The smallest absolute Gasteiger partial charge is 0.266 e. The predicted octanol–water partition coefficient (Wildman–Crippen LogP) is 5.14. The number of benzene rings is 3. The average Bonchev–Trinajstić information content (AvgIpc) is 3.34. The number of fused-ring (bicyclic) bond motifs is 2. The third kappa shape index (κ3) is 3.63. The fourth-order valence-corrected chi connectivity index (χ4v) is 4.35. The molecule has 0 saturated heterocycles. The van der Waals surface area contributed by atoms with Crippen molar-refractivity contribution in [2.24, 2.45) is 0 Å². The third-order valence-corrected chi connectivity index (χ3v) is 6.05. The van der Waals surface area contributed by atoms with Crippen molar-refractivity contribution < 1.29 is 28.2 Å². The summed E-state index contributed by atoms with van der Waals surface area (Å²) in [7, 11) is 5.96. The molecule has 5 aromatic rings. The van der Waals surface area contributed by atoms with Crippen molar-refractivity contribution >= 4 is 27.8 Å². The zero-order valence-corrected chi connectivity index (χ0v) is 20.2. The molecular formula is C28H23NO7. The van der Waals surface area contributed by atoms with Gasteiger partial charge in [-0.3, -0.25) is 14.2 Å². The summed E-state index contributed by atoms with van der Waals surface area (Å²) < 4.78 is 29.2. The number of nitrogens with zero attached hydrogens (tertiary/aromatic N) is 1. The molecule has 0 bridgehead atoms. The predicted molar refractivity (Wildman–Crippen MR) is 136 cm³/mol. The minimum atomic E-state index is -0.284. The molecule has 0 atom stereocenters. The van der Waals surface area contributed by atoms with E-state index in [1.165, 1.54) is 34.5 Å². The molecule has 36 heavy (non-hydrogen) atoms. The van der Waals surface area contributed by atoms with Gasteiger partial charge in [0.15, 0.2) is 16.9 Å². The topological polar surface area (TPSA) is 89.1 Å². The number of carbonyl (C=O) groups is 1. The van der Waals surface area contributed by atoms with Crippen molar-refractivity contribution in [3.63, 3.8) is 0 Å². The molecule has 0 aliphatic heterocycles.